The molecular formula is C19H26F2N4O2S. The Labute approximate surface area is 168 Å². The van der Waals surface area contributed by atoms with E-state index in [1.807, 2.05) is 4.90 Å². The van der Waals surface area contributed by atoms with Crippen LogP contribution >= 0.6 is 11.8 Å². The molecule has 0 aliphatic carbocycles. The van der Waals surface area contributed by atoms with Gasteiger partial charge in [-0.25, -0.2) is 4.98 Å². The van der Waals surface area contributed by atoms with Crippen molar-refractivity contribution in [3.05, 3.63) is 23.9 Å². The monoisotopic (exact) mass is 412 g/mol. The van der Waals surface area contributed by atoms with Crippen molar-refractivity contribution < 1.29 is 18.4 Å². The minimum Gasteiger partial charge on any atom is -0.339 e. The number of piperidine rings is 1. The molecule has 0 bridgehead atoms. The molecular weight excluding hydrogens is 386 g/mol. The summed E-state index contributed by atoms with van der Waals surface area (Å²) in [5.74, 6) is -2.76. The van der Waals surface area contributed by atoms with E-state index in [0.717, 1.165) is 19.4 Å². The van der Waals surface area contributed by atoms with Gasteiger partial charge in [0, 0.05) is 45.0 Å². The molecule has 9 heteroatoms. The second-order valence-electron chi connectivity index (χ2n) is 7.23. The van der Waals surface area contributed by atoms with E-state index in [9.17, 15) is 18.4 Å². The van der Waals surface area contributed by atoms with Crippen molar-refractivity contribution in [2.24, 2.45) is 0 Å². The Morgan fingerprint density at radius 1 is 1.21 bits per heavy atom. The van der Waals surface area contributed by atoms with E-state index in [2.05, 4.69) is 16.8 Å². The van der Waals surface area contributed by atoms with Gasteiger partial charge in [-0.1, -0.05) is 0 Å². The van der Waals surface area contributed by atoms with Crippen LogP contribution in [0.2, 0.25) is 0 Å². The lowest BCUT2D eigenvalue weighted by molar-refractivity contribution is -0.136. The van der Waals surface area contributed by atoms with Crippen LogP contribution in [0.25, 0.3) is 0 Å². The number of carbonyl (C=O) groups is 2. The first-order valence-corrected chi connectivity index (χ1v) is 10.5. The highest BCUT2D eigenvalue weighted by Crippen LogP contribution is 2.27. The van der Waals surface area contributed by atoms with Gasteiger partial charge in [-0.3, -0.25) is 14.5 Å². The number of thioether (sulfide) groups is 1. The second kappa shape index (κ2) is 9.65. The van der Waals surface area contributed by atoms with Crippen LogP contribution < -0.4 is 0 Å². The van der Waals surface area contributed by atoms with E-state index in [1.165, 1.54) is 18.7 Å². The summed E-state index contributed by atoms with van der Waals surface area (Å²) in [5.41, 5.74) is 0.208. The number of likely N-dealkylation sites (tertiary alicyclic amines) is 1. The maximum absolute atomic E-state index is 12.8. The Kier molecular flexibility index (Phi) is 7.23. The molecule has 0 spiro atoms. The number of piperazine rings is 1. The molecule has 0 aromatic carbocycles. The van der Waals surface area contributed by atoms with Crippen molar-refractivity contribution in [3.8, 4) is 0 Å². The van der Waals surface area contributed by atoms with Crippen molar-refractivity contribution in [3.63, 3.8) is 0 Å². The largest absolute Gasteiger partial charge is 0.339 e. The molecule has 154 valence electrons. The fraction of sp³-hybridized carbons (Fsp3) is 0.632. The summed E-state index contributed by atoms with van der Waals surface area (Å²) in [6, 6.07) is 3.41. The average molecular weight is 413 g/mol. The fourth-order valence-electron chi connectivity index (χ4n) is 3.76. The number of amides is 2. The van der Waals surface area contributed by atoms with Gasteiger partial charge in [0.15, 0.2) is 0 Å². The van der Waals surface area contributed by atoms with Crippen LogP contribution in [0.4, 0.5) is 8.78 Å². The van der Waals surface area contributed by atoms with Crippen molar-refractivity contribution in [2.75, 3.05) is 39.3 Å². The lowest BCUT2D eigenvalue weighted by atomic mass is 10.0. The van der Waals surface area contributed by atoms with E-state index in [1.54, 1.807) is 11.0 Å². The maximum Gasteiger partial charge on any atom is 0.290 e. The van der Waals surface area contributed by atoms with Gasteiger partial charge >= 0.3 is 0 Å². The molecule has 1 aromatic heterocycles. The first-order chi connectivity index (χ1) is 13.5. The highest BCUT2D eigenvalue weighted by atomic mass is 32.2. The minimum absolute atomic E-state index is 0.0548. The number of hydrogen-bond donors (Lipinski definition) is 0. The number of aromatic nitrogens is 1. The van der Waals surface area contributed by atoms with E-state index >= 15 is 0 Å². The van der Waals surface area contributed by atoms with Crippen LogP contribution in [0.5, 0.6) is 0 Å². The normalized spacial score (nSPS) is 21.2. The van der Waals surface area contributed by atoms with Crippen molar-refractivity contribution >= 4 is 23.6 Å². The molecule has 2 aliphatic rings. The highest BCUT2D eigenvalue weighted by Gasteiger charge is 2.28. The zero-order valence-corrected chi connectivity index (χ0v) is 16.8. The Hall–Kier alpha value is -1.74. The van der Waals surface area contributed by atoms with Gasteiger partial charge in [-0.2, -0.15) is 8.78 Å². The number of halogens is 2. The molecule has 3 rings (SSSR count). The quantitative estimate of drug-likeness (QED) is 0.696. The van der Waals surface area contributed by atoms with Crippen molar-refractivity contribution in [2.45, 2.75) is 43.0 Å². The van der Waals surface area contributed by atoms with Gasteiger partial charge in [-0.15, -0.1) is 0 Å². The first-order valence-electron chi connectivity index (χ1n) is 9.66. The molecule has 1 atom stereocenters. The van der Waals surface area contributed by atoms with E-state index in [-0.39, 0.29) is 34.2 Å². The van der Waals surface area contributed by atoms with Crippen molar-refractivity contribution in [1.82, 2.24) is 19.7 Å². The van der Waals surface area contributed by atoms with Crippen LogP contribution in [0, 0.1) is 0 Å². The molecule has 2 fully saturated rings. The Morgan fingerprint density at radius 3 is 2.64 bits per heavy atom. The van der Waals surface area contributed by atoms with Gasteiger partial charge in [0.05, 0.1) is 12.1 Å². The summed E-state index contributed by atoms with van der Waals surface area (Å²) in [7, 11) is 0. The number of hydrogen-bond acceptors (Lipinski definition) is 5. The molecule has 0 saturated carbocycles. The molecule has 1 aromatic rings. The maximum atomic E-state index is 12.8. The summed E-state index contributed by atoms with van der Waals surface area (Å²) in [4.78, 5) is 34.9. The molecule has 28 heavy (non-hydrogen) atoms. The molecule has 2 saturated heterocycles. The smallest absolute Gasteiger partial charge is 0.290 e. The Morgan fingerprint density at radius 2 is 1.96 bits per heavy atom. The van der Waals surface area contributed by atoms with Crippen LogP contribution in [0.15, 0.2) is 23.4 Å². The summed E-state index contributed by atoms with van der Waals surface area (Å²) >= 11 is 0.290. The van der Waals surface area contributed by atoms with Gasteiger partial charge in [-0.05, 0) is 50.1 Å². The molecule has 0 N–H and O–H groups in total. The van der Waals surface area contributed by atoms with Crippen LogP contribution in [0.3, 0.4) is 0 Å². The lowest BCUT2D eigenvalue weighted by Crippen LogP contribution is -2.53. The Balaban J connectivity index is 1.54. The summed E-state index contributed by atoms with van der Waals surface area (Å²) < 4.78 is 25.4. The molecule has 1 unspecified atom stereocenters. The number of carbonyl (C=O) groups excluding carboxylic acids is 2. The van der Waals surface area contributed by atoms with E-state index in [4.69, 9.17) is 0 Å². The number of pyridine rings is 1. The fourth-order valence-corrected chi connectivity index (χ4v) is 4.33. The predicted octanol–water partition coefficient (Wildman–Crippen LogP) is 2.56. The standard InChI is InChI=1S/C19H26F2N4O2S/c1-14-5-2-3-8-25(14)16(26)13-23-9-11-24(12-10-23)18(27)15-6-4-7-22-17(15)28-19(20)21/h4,6-7,14,19H,2-3,5,8-13H2,1H3. The third-order valence-electron chi connectivity index (χ3n) is 5.34. The van der Waals surface area contributed by atoms with Crippen LogP contribution in [-0.4, -0.2) is 82.6 Å². The van der Waals surface area contributed by atoms with E-state index < -0.39 is 5.76 Å². The van der Waals surface area contributed by atoms with Gasteiger partial charge in [0.2, 0.25) is 5.91 Å². The summed E-state index contributed by atoms with van der Waals surface area (Å²) in [6.07, 6.45) is 4.69. The minimum atomic E-state index is -2.62. The third-order valence-corrected chi connectivity index (χ3v) is 6.07. The van der Waals surface area contributed by atoms with Gasteiger partial charge < -0.3 is 9.80 Å². The Bertz CT molecular complexity index is 698. The molecule has 2 amide bonds. The van der Waals surface area contributed by atoms with Crippen LogP contribution in [0.1, 0.15) is 36.5 Å². The average Bonchev–Trinajstić information content (AvgIpc) is 2.68. The number of nitrogens with zero attached hydrogens (tertiary/aromatic N) is 4. The summed E-state index contributed by atoms with van der Waals surface area (Å²) in [5, 5.41) is 0.0548. The van der Waals surface area contributed by atoms with Gasteiger partial charge in [0.1, 0.15) is 5.03 Å². The predicted molar refractivity (Wildman–Crippen MR) is 103 cm³/mol. The second-order valence-corrected chi connectivity index (χ2v) is 8.21. The first kappa shape index (κ1) is 21.0. The molecule has 3 heterocycles. The number of rotatable bonds is 5. The zero-order valence-electron chi connectivity index (χ0n) is 16.0. The van der Waals surface area contributed by atoms with Gasteiger partial charge in [0.25, 0.3) is 11.7 Å². The lowest BCUT2D eigenvalue weighted by Gasteiger charge is -2.38. The van der Waals surface area contributed by atoms with Crippen molar-refractivity contribution in [1.29, 1.82) is 0 Å². The van der Waals surface area contributed by atoms with Crippen LogP contribution in [-0.2, 0) is 4.79 Å². The SMILES string of the molecule is CC1CCCCN1C(=O)CN1CCN(C(=O)c2cccnc2SC(F)F)CC1. The molecule has 2 aliphatic heterocycles. The topological polar surface area (TPSA) is 56.8 Å². The number of alkyl halides is 2. The molecule has 6 nitrogen and oxygen atoms in total. The molecule has 0 radical (unpaired) electrons. The van der Waals surface area contributed by atoms with E-state index in [0.29, 0.717) is 38.8 Å². The summed E-state index contributed by atoms with van der Waals surface area (Å²) in [6.45, 7) is 5.41. The third kappa shape index (κ3) is 5.20. The zero-order chi connectivity index (χ0) is 20.1. The highest BCUT2D eigenvalue weighted by molar-refractivity contribution is 7.99.